The number of carbonyl (C=O) groups is 2. The van der Waals surface area contributed by atoms with Gasteiger partial charge < -0.3 is 20.1 Å². The van der Waals surface area contributed by atoms with Gasteiger partial charge in [-0.3, -0.25) is 9.59 Å². The highest BCUT2D eigenvalue weighted by Crippen LogP contribution is 2.40. The molecule has 33 heavy (non-hydrogen) atoms. The molecule has 1 aliphatic rings. The largest absolute Gasteiger partial charge is 0.508 e. The SMILES string of the molecule is CCOC(=O)CNC(=O)[C@H](Cc1ccccc1)CN1CC[C@@](C)(c2cccc(O)c2)[C@@H](C)C1. The molecule has 1 heterocycles. The minimum atomic E-state index is -0.419. The van der Waals surface area contributed by atoms with Crippen LogP contribution in [0.2, 0.25) is 0 Å². The molecule has 178 valence electrons. The van der Waals surface area contributed by atoms with Crippen molar-refractivity contribution in [2.45, 2.75) is 39.0 Å². The van der Waals surface area contributed by atoms with Gasteiger partial charge in [-0.25, -0.2) is 0 Å². The number of phenolic OH excluding ortho intramolecular Hbond substituents is 1. The van der Waals surface area contributed by atoms with Crippen molar-refractivity contribution in [3.05, 3.63) is 65.7 Å². The Labute approximate surface area is 196 Å². The Morgan fingerprint density at radius 3 is 2.64 bits per heavy atom. The molecule has 1 amide bonds. The van der Waals surface area contributed by atoms with Crippen LogP contribution in [0, 0.1) is 11.8 Å². The van der Waals surface area contributed by atoms with Crippen LogP contribution < -0.4 is 5.32 Å². The number of amides is 1. The van der Waals surface area contributed by atoms with Gasteiger partial charge in [0.1, 0.15) is 12.3 Å². The fourth-order valence-corrected chi connectivity index (χ4v) is 4.74. The van der Waals surface area contributed by atoms with Gasteiger partial charge in [-0.15, -0.1) is 0 Å². The third-order valence-corrected chi connectivity index (χ3v) is 6.96. The first-order chi connectivity index (χ1) is 15.8. The number of rotatable bonds is 9. The van der Waals surface area contributed by atoms with Crippen LogP contribution in [-0.2, 0) is 26.2 Å². The van der Waals surface area contributed by atoms with Crippen LogP contribution in [0.1, 0.15) is 38.3 Å². The molecule has 0 radical (unpaired) electrons. The maximum Gasteiger partial charge on any atom is 0.325 e. The second-order valence-corrected chi connectivity index (χ2v) is 9.29. The highest BCUT2D eigenvalue weighted by molar-refractivity contribution is 5.83. The Morgan fingerprint density at radius 2 is 1.97 bits per heavy atom. The molecule has 6 nitrogen and oxygen atoms in total. The number of benzene rings is 2. The quantitative estimate of drug-likeness (QED) is 0.569. The average molecular weight is 453 g/mol. The van der Waals surface area contributed by atoms with E-state index in [1.54, 1.807) is 13.0 Å². The third kappa shape index (κ3) is 6.57. The molecular formula is C27H36N2O4. The molecule has 0 saturated carbocycles. The maximum atomic E-state index is 13.0. The number of nitrogens with zero attached hydrogens (tertiary/aromatic N) is 1. The van der Waals surface area contributed by atoms with E-state index in [0.29, 0.717) is 31.2 Å². The molecule has 3 rings (SSSR count). The van der Waals surface area contributed by atoms with Crippen molar-refractivity contribution in [2.24, 2.45) is 11.8 Å². The molecule has 3 atom stereocenters. The van der Waals surface area contributed by atoms with Crippen molar-refractivity contribution in [2.75, 3.05) is 32.8 Å². The van der Waals surface area contributed by atoms with Crippen molar-refractivity contribution in [3.8, 4) is 5.75 Å². The molecule has 1 aliphatic heterocycles. The Morgan fingerprint density at radius 1 is 1.21 bits per heavy atom. The molecule has 1 saturated heterocycles. The zero-order valence-corrected chi connectivity index (χ0v) is 19.9. The summed E-state index contributed by atoms with van der Waals surface area (Å²) in [6.07, 6.45) is 1.56. The topological polar surface area (TPSA) is 78.9 Å². The summed E-state index contributed by atoms with van der Waals surface area (Å²) in [5.74, 6) is -0.157. The number of nitrogens with one attached hydrogen (secondary N) is 1. The van der Waals surface area contributed by atoms with Gasteiger partial charge >= 0.3 is 5.97 Å². The zero-order valence-electron chi connectivity index (χ0n) is 19.9. The number of esters is 1. The van der Waals surface area contributed by atoms with E-state index >= 15 is 0 Å². The molecule has 1 fully saturated rings. The lowest BCUT2D eigenvalue weighted by Gasteiger charge is -2.45. The number of carbonyl (C=O) groups excluding carboxylic acids is 2. The number of aromatic hydroxyl groups is 1. The lowest BCUT2D eigenvalue weighted by molar-refractivity contribution is -0.143. The predicted molar refractivity (Wildman–Crippen MR) is 129 cm³/mol. The molecular weight excluding hydrogens is 416 g/mol. The van der Waals surface area contributed by atoms with Gasteiger partial charge in [-0.1, -0.05) is 56.3 Å². The van der Waals surface area contributed by atoms with Crippen LogP contribution >= 0.6 is 0 Å². The summed E-state index contributed by atoms with van der Waals surface area (Å²) in [4.78, 5) is 27.1. The van der Waals surface area contributed by atoms with Crippen molar-refractivity contribution in [1.29, 1.82) is 0 Å². The lowest BCUT2D eigenvalue weighted by atomic mass is 9.68. The first kappa shape index (κ1) is 24.8. The second kappa shape index (κ2) is 11.3. The molecule has 2 aromatic rings. The van der Waals surface area contributed by atoms with Gasteiger partial charge in [-0.05, 0) is 60.9 Å². The molecule has 0 unspecified atom stereocenters. The van der Waals surface area contributed by atoms with Crippen LogP contribution in [0.15, 0.2) is 54.6 Å². The van der Waals surface area contributed by atoms with Crippen molar-refractivity contribution >= 4 is 11.9 Å². The van der Waals surface area contributed by atoms with Gasteiger partial charge in [-0.2, -0.15) is 0 Å². The van der Waals surface area contributed by atoms with E-state index in [4.69, 9.17) is 4.74 Å². The smallest absolute Gasteiger partial charge is 0.325 e. The van der Waals surface area contributed by atoms with E-state index in [1.165, 1.54) is 0 Å². The molecule has 2 N–H and O–H groups in total. The number of phenols is 1. The molecule has 0 aliphatic carbocycles. The van der Waals surface area contributed by atoms with E-state index in [0.717, 1.165) is 30.6 Å². The summed E-state index contributed by atoms with van der Waals surface area (Å²) >= 11 is 0. The van der Waals surface area contributed by atoms with Gasteiger partial charge in [0, 0.05) is 13.1 Å². The number of ether oxygens (including phenoxy) is 1. The van der Waals surface area contributed by atoms with Crippen molar-refractivity contribution in [1.82, 2.24) is 10.2 Å². The fourth-order valence-electron chi connectivity index (χ4n) is 4.74. The van der Waals surface area contributed by atoms with Crippen molar-refractivity contribution in [3.63, 3.8) is 0 Å². The van der Waals surface area contributed by atoms with E-state index in [2.05, 4.69) is 30.1 Å². The Bertz CT molecular complexity index is 933. The molecule has 0 aromatic heterocycles. The first-order valence-electron chi connectivity index (χ1n) is 11.8. The lowest BCUT2D eigenvalue weighted by Crippen LogP contribution is -2.50. The van der Waals surface area contributed by atoms with Crippen LogP contribution in [-0.4, -0.2) is 54.7 Å². The summed E-state index contributed by atoms with van der Waals surface area (Å²) < 4.78 is 4.95. The van der Waals surface area contributed by atoms with Gasteiger partial charge in [0.25, 0.3) is 0 Å². The van der Waals surface area contributed by atoms with E-state index in [-0.39, 0.29) is 23.8 Å². The summed E-state index contributed by atoms with van der Waals surface area (Å²) in [5, 5.41) is 12.7. The summed E-state index contributed by atoms with van der Waals surface area (Å²) in [6, 6.07) is 17.6. The number of hydrogen-bond donors (Lipinski definition) is 2. The molecule has 6 heteroatoms. The highest BCUT2D eigenvalue weighted by atomic mass is 16.5. The van der Waals surface area contributed by atoms with E-state index in [1.807, 2.05) is 42.5 Å². The van der Waals surface area contributed by atoms with Gasteiger partial charge in [0.15, 0.2) is 0 Å². The number of hydrogen-bond acceptors (Lipinski definition) is 5. The van der Waals surface area contributed by atoms with Crippen LogP contribution in [0.3, 0.4) is 0 Å². The Hall–Kier alpha value is -2.86. The minimum Gasteiger partial charge on any atom is -0.508 e. The Balaban J connectivity index is 1.68. The molecule has 0 spiro atoms. The van der Waals surface area contributed by atoms with Crippen LogP contribution in [0.25, 0.3) is 0 Å². The molecule has 2 aromatic carbocycles. The van der Waals surface area contributed by atoms with Crippen LogP contribution in [0.5, 0.6) is 5.75 Å². The monoisotopic (exact) mass is 452 g/mol. The summed E-state index contributed by atoms with van der Waals surface area (Å²) in [5.41, 5.74) is 2.22. The maximum absolute atomic E-state index is 13.0. The van der Waals surface area contributed by atoms with Crippen LogP contribution in [0.4, 0.5) is 0 Å². The normalized spacial score (nSPS) is 21.8. The average Bonchev–Trinajstić information content (AvgIpc) is 2.80. The highest BCUT2D eigenvalue weighted by Gasteiger charge is 2.39. The number of likely N-dealkylation sites (tertiary alicyclic amines) is 1. The fraction of sp³-hybridized carbons (Fsp3) is 0.481. The van der Waals surface area contributed by atoms with Gasteiger partial charge in [0.2, 0.25) is 5.91 Å². The van der Waals surface area contributed by atoms with Crippen molar-refractivity contribution < 1.29 is 19.4 Å². The first-order valence-corrected chi connectivity index (χ1v) is 11.8. The number of piperidine rings is 1. The zero-order chi connectivity index (χ0) is 23.8. The summed E-state index contributed by atoms with van der Waals surface area (Å²) in [7, 11) is 0. The summed E-state index contributed by atoms with van der Waals surface area (Å²) in [6.45, 7) is 8.80. The molecule has 0 bridgehead atoms. The van der Waals surface area contributed by atoms with Gasteiger partial charge in [0.05, 0.1) is 12.5 Å². The third-order valence-electron chi connectivity index (χ3n) is 6.96. The predicted octanol–water partition coefficient (Wildman–Crippen LogP) is 3.53. The van der Waals surface area contributed by atoms with E-state index in [9.17, 15) is 14.7 Å². The standard InChI is InChI=1S/C27H36N2O4/c1-4-33-25(31)17-28-26(32)22(15-21-9-6-5-7-10-21)19-29-14-13-27(3,20(2)18-29)23-11-8-12-24(30)16-23/h5-12,16,20,22,30H,4,13-15,17-19H2,1-3H3,(H,28,32)/t20-,22+,27+/m0/s1. The minimum absolute atomic E-state index is 0.0314. The Kier molecular flexibility index (Phi) is 8.50. The second-order valence-electron chi connectivity index (χ2n) is 9.29. The van der Waals surface area contributed by atoms with E-state index < -0.39 is 5.97 Å².